The second-order valence-electron chi connectivity index (χ2n) is 5.02. The van der Waals surface area contributed by atoms with Crippen molar-refractivity contribution in [1.82, 2.24) is 4.57 Å². The van der Waals surface area contributed by atoms with Crippen LogP contribution in [0.2, 0.25) is 0 Å². The van der Waals surface area contributed by atoms with Gasteiger partial charge in [-0.15, -0.1) is 0 Å². The number of nitrogens with one attached hydrogen (secondary N) is 1. The molecule has 0 saturated carbocycles. The predicted octanol–water partition coefficient (Wildman–Crippen LogP) is 4.56. The lowest BCUT2D eigenvalue weighted by molar-refractivity contribution is 0.414. The first-order valence-electron chi connectivity index (χ1n) is 6.79. The Labute approximate surface area is 132 Å². The molecule has 0 radical (unpaired) electrons. The highest BCUT2D eigenvalue weighted by molar-refractivity contribution is 9.10. The van der Waals surface area contributed by atoms with E-state index in [4.69, 9.17) is 4.74 Å². The van der Waals surface area contributed by atoms with Crippen molar-refractivity contribution in [2.75, 3.05) is 12.4 Å². The molecule has 0 bridgehead atoms. The zero-order chi connectivity index (χ0) is 14.8. The first-order chi connectivity index (χ1) is 10.2. The molecule has 0 aliphatic rings. The number of hydrogen-bond donors (Lipinski definition) is 1. The van der Waals surface area contributed by atoms with Gasteiger partial charge in [-0.2, -0.15) is 0 Å². The van der Waals surface area contributed by atoms with E-state index in [0.717, 1.165) is 22.5 Å². The Morgan fingerprint density at radius 2 is 2.00 bits per heavy atom. The Morgan fingerprint density at radius 1 is 1.19 bits per heavy atom. The van der Waals surface area contributed by atoms with Crippen LogP contribution >= 0.6 is 15.9 Å². The minimum atomic E-state index is 0.779. The maximum Gasteiger partial charge on any atom is 0.122 e. The van der Waals surface area contributed by atoms with Crippen molar-refractivity contribution in [3.8, 4) is 5.75 Å². The second kappa shape index (κ2) is 5.82. The highest BCUT2D eigenvalue weighted by Crippen LogP contribution is 2.26. The van der Waals surface area contributed by atoms with Gasteiger partial charge in [-0.05, 0) is 23.8 Å². The van der Waals surface area contributed by atoms with Crippen LogP contribution in [0.15, 0.2) is 53.1 Å². The van der Waals surface area contributed by atoms with Crippen LogP contribution in [-0.4, -0.2) is 11.7 Å². The van der Waals surface area contributed by atoms with Crippen LogP contribution in [0.25, 0.3) is 10.9 Å². The summed E-state index contributed by atoms with van der Waals surface area (Å²) in [6.45, 7) is 0.779. The molecular weight excluding hydrogens is 328 g/mol. The smallest absolute Gasteiger partial charge is 0.122 e. The summed E-state index contributed by atoms with van der Waals surface area (Å²) in [5.74, 6) is 0.838. The van der Waals surface area contributed by atoms with Gasteiger partial charge in [0.1, 0.15) is 5.75 Å². The van der Waals surface area contributed by atoms with Crippen molar-refractivity contribution in [3.05, 3.63) is 58.7 Å². The van der Waals surface area contributed by atoms with Crippen molar-refractivity contribution in [3.63, 3.8) is 0 Å². The zero-order valence-corrected chi connectivity index (χ0v) is 13.6. The number of aromatic nitrogens is 1. The lowest BCUT2D eigenvalue weighted by Crippen LogP contribution is -1.99. The third-order valence-electron chi connectivity index (χ3n) is 3.57. The minimum Gasteiger partial charge on any atom is -0.497 e. The molecule has 0 saturated heterocycles. The van der Waals surface area contributed by atoms with Gasteiger partial charge in [0.25, 0.3) is 0 Å². The van der Waals surface area contributed by atoms with Gasteiger partial charge in [0.15, 0.2) is 0 Å². The summed E-state index contributed by atoms with van der Waals surface area (Å²) in [5.41, 5.74) is 3.57. The predicted molar refractivity (Wildman–Crippen MR) is 90.9 cm³/mol. The van der Waals surface area contributed by atoms with Crippen molar-refractivity contribution < 1.29 is 4.74 Å². The molecule has 3 nitrogen and oxygen atoms in total. The van der Waals surface area contributed by atoms with Crippen LogP contribution in [0.3, 0.4) is 0 Å². The summed E-state index contributed by atoms with van der Waals surface area (Å²) in [4.78, 5) is 0. The molecule has 0 fully saturated rings. The molecule has 0 unspecified atom stereocenters. The normalized spacial score (nSPS) is 10.8. The van der Waals surface area contributed by atoms with Gasteiger partial charge in [0.05, 0.1) is 7.11 Å². The molecule has 108 valence electrons. The van der Waals surface area contributed by atoms with E-state index in [-0.39, 0.29) is 0 Å². The largest absolute Gasteiger partial charge is 0.497 e. The van der Waals surface area contributed by atoms with Gasteiger partial charge < -0.3 is 14.6 Å². The lowest BCUT2D eigenvalue weighted by Gasteiger charge is -2.08. The summed E-state index contributed by atoms with van der Waals surface area (Å²) in [5, 5.41) is 4.75. The van der Waals surface area contributed by atoms with Crippen LogP contribution in [0, 0.1) is 0 Å². The highest BCUT2D eigenvalue weighted by Gasteiger charge is 2.06. The van der Waals surface area contributed by atoms with Crippen LogP contribution in [-0.2, 0) is 13.6 Å². The van der Waals surface area contributed by atoms with Gasteiger partial charge in [0.2, 0.25) is 0 Å². The number of aryl methyl sites for hydroxylation is 1. The van der Waals surface area contributed by atoms with E-state index < -0.39 is 0 Å². The molecule has 1 aromatic heterocycles. The molecule has 0 amide bonds. The fourth-order valence-electron chi connectivity index (χ4n) is 2.55. The number of para-hydroxylation sites is 1. The van der Waals surface area contributed by atoms with E-state index in [1.54, 1.807) is 7.11 Å². The van der Waals surface area contributed by atoms with E-state index in [9.17, 15) is 0 Å². The number of benzene rings is 2. The summed E-state index contributed by atoms with van der Waals surface area (Å²) in [6.07, 6.45) is 2.17. The number of ether oxygens (including phenoxy) is 1. The first kappa shape index (κ1) is 14.0. The average molecular weight is 345 g/mol. The van der Waals surface area contributed by atoms with Crippen molar-refractivity contribution in [2.45, 2.75) is 6.54 Å². The van der Waals surface area contributed by atoms with Crippen molar-refractivity contribution in [1.29, 1.82) is 0 Å². The molecule has 0 spiro atoms. The molecule has 21 heavy (non-hydrogen) atoms. The van der Waals surface area contributed by atoms with Crippen LogP contribution < -0.4 is 10.1 Å². The Morgan fingerprint density at radius 3 is 2.81 bits per heavy atom. The maximum atomic E-state index is 5.29. The summed E-state index contributed by atoms with van der Waals surface area (Å²) in [7, 11) is 3.75. The highest BCUT2D eigenvalue weighted by atomic mass is 79.9. The maximum absolute atomic E-state index is 5.29. The number of halogens is 1. The number of rotatable bonds is 4. The van der Waals surface area contributed by atoms with E-state index in [0.29, 0.717) is 0 Å². The standard InChI is InChI=1S/C17H17BrN2O/c1-20-11-12(16-5-3-4-6-17(16)20)10-19-14-7-13(18)8-15(9-14)21-2/h3-9,11,19H,10H2,1-2H3. The summed E-state index contributed by atoms with van der Waals surface area (Å²) in [6, 6.07) is 14.4. The fourth-order valence-corrected chi connectivity index (χ4v) is 3.02. The van der Waals surface area contributed by atoms with Crippen LogP contribution in [0.1, 0.15) is 5.56 Å². The summed E-state index contributed by atoms with van der Waals surface area (Å²) >= 11 is 3.50. The molecule has 4 heteroatoms. The molecule has 0 aliphatic heterocycles. The SMILES string of the molecule is COc1cc(Br)cc(NCc2cn(C)c3ccccc23)c1. The van der Waals surface area contributed by atoms with Gasteiger partial charge >= 0.3 is 0 Å². The Kier molecular flexibility index (Phi) is 3.88. The van der Waals surface area contributed by atoms with Crippen LogP contribution in [0.4, 0.5) is 5.69 Å². The fraction of sp³-hybridized carbons (Fsp3) is 0.176. The number of nitrogens with zero attached hydrogens (tertiary/aromatic N) is 1. The monoisotopic (exact) mass is 344 g/mol. The zero-order valence-electron chi connectivity index (χ0n) is 12.1. The average Bonchev–Trinajstić information content (AvgIpc) is 2.82. The number of hydrogen-bond acceptors (Lipinski definition) is 2. The molecule has 3 rings (SSSR count). The van der Waals surface area contributed by atoms with E-state index in [1.165, 1.54) is 16.5 Å². The molecule has 3 aromatic rings. The molecule has 0 atom stereocenters. The molecule has 1 heterocycles. The number of methoxy groups -OCH3 is 1. The summed E-state index contributed by atoms with van der Waals surface area (Å²) < 4.78 is 8.45. The second-order valence-corrected chi connectivity index (χ2v) is 5.93. The molecule has 1 N–H and O–H groups in total. The van der Waals surface area contributed by atoms with Gasteiger partial charge in [0, 0.05) is 46.9 Å². The van der Waals surface area contributed by atoms with Crippen LogP contribution in [0.5, 0.6) is 5.75 Å². The minimum absolute atomic E-state index is 0.779. The lowest BCUT2D eigenvalue weighted by atomic mass is 10.2. The van der Waals surface area contributed by atoms with Gasteiger partial charge in [-0.25, -0.2) is 0 Å². The van der Waals surface area contributed by atoms with Crippen molar-refractivity contribution >= 4 is 32.5 Å². The molecule has 2 aromatic carbocycles. The van der Waals surface area contributed by atoms with Crippen molar-refractivity contribution in [2.24, 2.45) is 7.05 Å². The molecule has 0 aliphatic carbocycles. The van der Waals surface area contributed by atoms with E-state index in [2.05, 4.69) is 63.3 Å². The third-order valence-corrected chi connectivity index (χ3v) is 4.03. The van der Waals surface area contributed by atoms with Gasteiger partial charge in [-0.3, -0.25) is 0 Å². The molecular formula is C17H17BrN2O. The quantitative estimate of drug-likeness (QED) is 0.750. The third kappa shape index (κ3) is 2.90. The topological polar surface area (TPSA) is 26.2 Å². The van der Waals surface area contributed by atoms with Gasteiger partial charge in [-0.1, -0.05) is 34.1 Å². The van der Waals surface area contributed by atoms with E-state index in [1.807, 2.05) is 18.2 Å². The number of fused-ring (bicyclic) bond motifs is 1. The Balaban J connectivity index is 1.85. The Bertz CT molecular complexity index is 780. The number of anilines is 1. The Hall–Kier alpha value is -1.94. The van der Waals surface area contributed by atoms with E-state index >= 15 is 0 Å². The first-order valence-corrected chi connectivity index (χ1v) is 7.58.